The molecule has 0 heterocycles. The number of ketones is 1. The fraction of sp³-hybridized carbons (Fsp3) is 0.429. The van der Waals surface area contributed by atoms with E-state index in [9.17, 15) is 9.59 Å². The molecule has 1 N–H and O–H groups in total. The number of carbonyl (C=O) groups is 2. The van der Waals surface area contributed by atoms with E-state index in [2.05, 4.69) is 0 Å². The largest absolute Gasteiger partial charge is 0.497 e. The van der Waals surface area contributed by atoms with Gasteiger partial charge in [-0.1, -0.05) is 0 Å². The summed E-state index contributed by atoms with van der Waals surface area (Å²) in [6.45, 7) is 1.80. The molecule has 5 heteroatoms. The van der Waals surface area contributed by atoms with E-state index < -0.39 is 5.97 Å². The number of carboxylic acid groups (broad SMARTS) is 1. The molecule has 0 saturated carbocycles. The van der Waals surface area contributed by atoms with Gasteiger partial charge in [-0.15, -0.1) is 0 Å². The molecule has 0 fully saturated rings. The SMILES string of the molecule is COc1cc(C)c(C(=O)CCCC(=O)O)c(OC)c1. The quantitative estimate of drug-likeness (QED) is 0.767. The first-order chi connectivity index (χ1) is 8.99. The number of hydrogen-bond acceptors (Lipinski definition) is 4. The van der Waals surface area contributed by atoms with Crippen molar-refractivity contribution in [1.29, 1.82) is 0 Å². The number of carbonyl (C=O) groups excluding carboxylic acids is 1. The minimum atomic E-state index is -0.897. The van der Waals surface area contributed by atoms with Gasteiger partial charge in [-0.2, -0.15) is 0 Å². The van der Waals surface area contributed by atoms with Crippen LogP contribution >= 0.6 is 0 Å². The molecule has 1 rings (SSSR count). The molecule has 0 bridgehead atoms. The first-order valence-electron chi connectivity index (χ1n) is 5.97. The Labute approximate surface area is 112 Å². The molecule has 0 aliphatic heterocycles. The number of aliphatic carboxylic acids is 1. The van der Waals surface area contributed by atoms with Crippen LogP contribution in [0.3, 0.4) is 0 Å². The van der Waals surface area contributed by atoms with E-state index in [0.29, 0.717) is 23.5 Å². The molecule has 1 aromatic rings. The summed E-state index contributed by atoms with van der Waals surface area (Å²) in [6, 6.07) is 3.41. The molecule has 0 aliphatic rings. The molecular weight excluding hydrogens is 248 g/mol. The van der Waals surface area contributed by atoms with Gasteiger partial charge in [0.2, 0.25) is 0 Å². The zero-order chi connectivity index (χ0) is 14.4. The van der Waals surface area contributed by atoms with Crippen molar-refractivity contribution in [3.05, 3.63) is 23.3 Å². The Morgan fingerprint density at radius 1 is 1.16 bits per heavy atom. The summed E-state index contributed by atoms with van der Waals surface area (Å²) < 4.78 is 10.3. The molecule has 0 aliphatic carbocycles. The van der Waals surface area contributed by atoms with Crippen molar-refractivity contribution in [2.45, 2.75) is 26.2 Å². The van der Waals surface area contributed by atoms with Crippen LogP contribution in [0.2, 0.25) is 0 Å². The maximum atomic E-state index is 12.1. The van der Waals surface area contributed by atoms with Crippen molar-refractivity contribution in [2.24, 2.45) is 0 Å². The molecule has 0 atom stereocenters. The van der Waals surface area contributed by atoms with E-state index in [0.717, 1.165) is 5.56 Å². The van der Waals surface area contributed by atoms with E-state index in [1.807, 2.05) is 0 Å². The number of benzene rings is 1. The molecule has 19 heavy (non-hydrogen) atoms. The fourth-order valence-corrected chi connectivity index (χ4v) is 1.88. The predicted molar refractivity (Wildman–Crippen MR) is 70.1 cm³/mol. The van der Waals surface area contributed by atoms with Gasteiger partial charge in [0.05, 0.1) is 19.8 Å². The van der Waals surface area contributed by atoms with Crippen LogP contribution in [0, 0.1) is 6.92 Å². The third-order valence-corrected chi connectivity index (χ3v) is 2.80. The predicted octanol–water partition coefficient (Wildman–Crippen LogP) is 2.45. The van der Waals surface area contributed by atoms with Crippen LogP contribution in [0.5, 0.6) is 11.5 Å². The fourth-order valence-electron chi connectivity index (χ4n) is 1.88. The van der Waals surface area contributed by atoms with Gasteiger partial charge in [0.1, 0.15) is 11.5 Å². The standard InChI is InChI=1S/C14H18O5/c1-9-7-10(18-2)8-12(19-3)14(9)11(15)5-4-6-13(16)17/h7-8H,4-6H2,1-3H3,(H,16,17). The molecular formula is C14H18O5. The van der Waals surface area contributed by atoms with Crippen molar-refractivity contribution in [3.63, 3.8) is 0 Å². The van der Waals surface area contributed by atoms with E-state index >= 15 is 0 Å². The van der Waals surface area contributed by atoms with Gasteiger partial charge < -0.3 is 14.6 Å². The molecule has 0 unspecified atom stereocenters. The topological polar surface area (TPSA) is 72.8 Å². The lowest BCUT2D eigenvalue weighted by atomic mass is 9.99. The molecule has 1 aromatic carbocycles. The average molecular weight is 266 g/mol. The third kappa shape index (κ3) is 3.98. The summed E-state index contributed by atoms with van der Waals surface area (Å²) in [6.07, 6.45) is 0.502. The van der Waals surface area contributed by atoms with E-state index in [1.54, 1.807) is 26.2 Å². The van der Waals surface area contributed by atoms with Crippen molar-refractivity contribution >= 4 is 11.8 Å². The minimum absolute atomic E-state index is 0.0107. The average Bonchev–Trinajstić information content (AvgIpc) is 2.36. The number of rotatable bonds is 7. The number of Topliss-reactive ketones (excluding diaryl/α,β-unsaturated/α-hetero) is 1. The van der Waals surface area contributed by atoms with E-state index in [-0.39, 0.29) is 18.6 Å². The Kier molecular flexibility index (Phi) is 5.36. The maximum Gasteiger partial charge on any atom is 0.303 e. The number of methoxy groups -OCH3 is 2. The van der Waals surface area contributed by atoms with Crippen molar-refractivity contribution in [2.75, 3.05) is 14.2 Å². The Bertz CT molecular complexity index is 479. The van der Waals surface area contributed by atoms with E-state index in [1.165, 1.54) is 7.11 Å². The number of carboxylic acids is 1. The third-order valence-electron chi connectivity index (χ3n) is 2.80. The highest BCUT2D eigenvalue weighted by Crippen LogP contribution is 2.29. The lowest BCUT2D eigenvalue weighted by molar-refractivity contribution is -0.137. The monoisotopic (exact) mass is 266 g/mol. The Morgan fingerprint density at radius 3 is 2.37 bits per heavy atom. The molecule has 0 amide bonds. The minimum Gasteiger partial charge on any atom is -0.497 e. The normalized spacial score (nSPS) is 10.1. The second-order valence-corrected chi connectivity index (χ2v) is 4.19. The van der Waals surface area contributed by atoms with Gasteiger partial charge >= 0.3 is 5.97 Å². The van der Waals surface area contributed by atoms with Gasteiger partial charge in [0.15, 0.2) is 5.78 Å². The van der Waals surface area contributed by atoms with Gasteiger partial charge in [0.25, 0.3) is 0 Å². The highest BCUT2D eigenvalue weighted by Gasteiger charge is 2.17. The Hall–Kier alpha value is -2.04. The summed E-state index contributed by atoms with van der Waals surface area (Å²) in [5.41, 5.74) is 1.25. The summed E-state index contributed by atoms with van der Waals surface area (Å²) in [5.74, 6) is 0.0677. The van der Waals surface area contributed by atoms with Gasteiger partial charge in [-0.3, -0.25) is 9.59 Å². The Morgan fingerprint density at radius 2 is 1.84 bits per heavy atom. The van der Waals surface area contributed by atoms with E-state index in [4.69, 9.17) is 14.6 Å². The summed E-state index contributed by atoms with van der Waals surface area (Å²) >= 11 is 0. The molecule has 0 spiro atoms. The van der Waals surface area contributed by atoms with Crippen LogP contribution in [0.1, 0.15) is 35.2 Å². The van der Waals surface area contributed by atoms with Crippen LogP contribution in [0.15, 0.2) is 12.1 Å². The van der Waals surface area contributed by atoms with Gasteiger partial charge in [0, 0.05) is 18.9 Å². The zero-order valence-corrected chi connectivity index (χ0v) is 11.4. The maximum absolute atomic E-state index is 12.1. The van der Waals surface area contributed by atoms with Crippen LogP contribution in [0.25, 0.3) is 0 Å². The van der Waals surface area contributed by atoms with Gasteiger partial charge in [-0.25, -0.2) is 0 Å². The molecule has 0 aromatic heterocycles. The summed E-state index contributed by atoms with van der Waals surface area (Å²) in [7, 11) is 3.03. The Balaban J connectivity index is 2.92. The van der Waals surface area contributed by atoms with Crippen molar-refractivity contribution in [3.8, 4) is 11.5 Å². The lowest BCUT2D eigenvalue weighted by Crippen LogP contribution is -2.06. The second kappa shape index (κ2) is 6.78. The summed E-state index contributed by atoms with van der Waals surface area (Å²) in [4.78, 5) is 22.6. The first kappa shape index (κ1) is 15.0. The highest BCUT2D eigenvalue weighted by atomic mass is 16.5. The van der Waals surface area contributed by atoms with Crippen LogP contribution in [-0.2, 0) is 4.79 Å². The highest BCUT2D eigenvalue weighted by molar-refractivity contribution is 6.00. The van der Waals surface area contributed by atoms with Crippen LogP contribution in [0.4, 0.5) is 0 Å². The number of ether oxygens (including phenoxy) is 2. The molecule has 5 nitrogen and oxygen atoms in total. The second-order valence-electron chi connectivity index (χ2n) is 4.19. The lowest BCUT2D eigenvalue weighted by Gasteiger charge is -2.12. The van der Waals surface area contributed by atoms with Crippen molar-refractivity contribution in [1.82, 2.24) is 0 Å². The number of hydrogen-bond donors (Lipinski definition) is 1. The van der Waals surface area contributed by atoms with Gasteiger partial charge in [-0.05, 0) is 25.0 Å². The first-order valence-corrected chi connectivity index (χ1v) is 5.97. The molecule has 0 radical (unpaired) electrons. The number of aryl methyl sites for hydroxylation is 1. The molecule has 0 saturated heterocycles. The molecule has 104 valence electrons. The van der Waals surface area contributed by atoms with Crippen LogP contribution < -0.4 is 9.47 Å². The summed E-state index contributed by atoms with van der Waals surface area (Å²) in [5, 5.41) is 8.57. The smallest absolute Gasteiger partial charge is 0.303 e. The zero-order valence-electron chi connectivity index (χ0n) is 11.4. The van der Waals surface area contributed by atoms with Crippen LogP contribution in [-0.4, -0.2) is 31.1 Å². The van der Waals surface area contributed by atoms with Crippen molar-refractivity contribution < 1.29 is 24.2 Å².